The average molecular weight is 275 g/mol. The third kappa shape index (κ3) is 1.81. The summed E-state index contributed by atoms with van der Waals surface area (Å²) in [6.45, 7) is 2.14. The van der Waals surface area contributed by atoms with Crippen molar-refractivity contribution in [2.24, 2.45) is 0 Å². The van der Waals surface area contributed by atoms with Gasteiger partial charge in [-0.05, 0) is 46.8 Å². The molecule has 3 rings (SSSR count). The third-order valence-corrected chi connectivity index (χ3v) is 5.69. The first-order valence-corrected chi connectivity index (χ1v) is 8.28. The lowest BCUT2D eigenvalue weighted by atomic mass is 9.85. The zero-order valence-electron chi connectivity index (χ0n) is 10.7. The molecule has 1 unspecified atom stereocenters. The molecule has 0 N–H and O–H groups in total. The molecule has 1 aromatic carbocycles. The van der Waals surface area contributed by atoms with E-state index >= 15 is 0 Å². The molecule has 94 valence electrons. The molecule has 0 fully saturated rings. The van der Waals surface area contributed by atoms with E-state index in [0.29, 0.717) is 0 Å². The van der Waals surface area contributed by atoms with Gasteiger partial charge in [-0.3, -0.25) is 0 Å². The largest absolute Gasteiger partial charge is 0.300 e. The second-order valence-electron chi connectivity index (χ2n) is 4.87. The molecule has 1 aliphatic rings. The fourth-order valence-corrected chi connectivity index (χ4v) is 4.83. The van der Waals surface area contributed by atoms with Gasteiger partial charge in [0.25, 0.3) is 0 Å². The van der Waals surface area contributed by atoms with Crippen LogP contribution >= 0.6 is 23.1 Å². The molecule has 3 heteroatoms. The summed E-state index contributed by atoms with van der Waals surface area (Å²) < 4.78 is 0.101. The van der Waals surface area contributed by atoms with Crippen LogP contribution in [0.3, 0.4) is 0 Å². The first-order valence-electron chi connectivity index (χ1n) is 6.11. The summed E-state index contributed by atoms with van der Waals surface area (Å²) in [4.78, 5) is 2.43. The Kier molecular flexibility index (Phi) is 3.22. The van der Waals surface area contributed by atoms with Crippen LogP contribution in [0.1, 0.15) is 16.7 Å². The molecular weight excluding hydrogens is 258 g/mol. The smallest absolute Gasteiger partial charge is 0.0792 e. The Morgan fingerprint density at radius 3 is 2.83 bits per heavy atom. The highest BCUT2D eigenvalue weighted by atomic mass is 32.2. The van der Waals surface area contributed by atoms with Gasteiger partial charge in [-0.1, -0.05) is 24.3 Å². The van der Waals surface area contributed by atoms with E-state index in [2.05, 4.69) is 59.3 Å². The number of rotatable bonds is 2. The lowest BCUT2D eigenvalue weighted by Crippen LogP contribution is -2.42. The Balaban J connectivity index is 2.21. The fourth-order valence-electron chi connectivity index (χ4n) is 2.90. The van der Waals surface area contributed by atoms with Crippen molar-refractivity contribution in [3.63, 3.8) is 0 Å². The average Bonchev–Trinajstić information content (AvgIpc) is 2.92. The van der Waals surface area contributed by atoms with E-state index in [1.807, 2.05) is 11.8 Å². The predicted octanol–water partition coefficient (Wildman–Crippen LogP) is 3.80. The van der Waals surface area contributed by atoms with Crippen LogP contribution in [0.15, 0.2) is 41.1 Å². The Morgan fingerprint density at radius 1 is 1.28 bits per heavy atom. The van der Waals surface area contributed by atoms with Gasteiger partial charge in [-0.25, -0.2) is 0 Å². The maximum absolute atomic E-state index is 2.43. The van der Waals surface area contributed by atoms with Crippen LogP contribution in [0, 0.1) is 0 Å². The minimum Gasteiger partial charge on any atom is -0.300 e. The van der Waals surface area contributed by atoms with Crippen molar-refractivity contribution in [3.8, 4) is 0 Å². The molecule has 1 atom stereocenters. The van der Waals surface area contributed by atoms with E-state index in [0.717, 1.165) is 13.1 Å². The lowest BCUT2D eigenvalue weighted by Gasteiger charge is -2.42. The normalized spacial score (nSPS) is 23.9. The molecule has 0 saturated heterocycles. The Morgan fingerprint density at radius 2 is 2.11 bits per heavy atom. The highest BCUT2D eigenvalue weighted by molar-refractivity contribution is 7.99. The van der Waals surface area contributed by atoms with E-state index < -0.39 is 0 Å². The van der Waals surface area contributed by atoms with Crippen molar-refractivity contribution < 1.29 is 0 Å². The molecular formula is C15H17NS2. The van der Waals surface area contributed by atoms with Gasteiger partial charge in [-0.2, -0.15) is 11.3 Å². The molecule has 1 nitrogen and oxygen atoms in total. The van der Waals surface area contributed by atoms with Crippen LogP contribution in [0.5, 0.6) is 0 Å². The summed E-state index contributed by atoms with van der Waals surface area (Å²) >= 11 is 3.75. The monoisotopic (exact) mass is 275 g/mol. The van der Waals surface area contributed by atoms with Gasteiger partial charge in [0, 0.05) is 13.1 Å². The molecule has 18 heavy (non-hydrogen) atoms. The molecule has 0 aliphatic carbocycles. The van der Waals surface area contributed by atoms with Gasteiger partial charge in [-0.15, -0.1) is 11.8 Å². The summed E-state index contributed by atoms with van der Waals surface area (Å²) in [6, 6.07) is 11.2. The number of likely N-dealkylation sites (N-methyl/N-ethyl adjacent to an activating group) is 1. The number of thiophene rings is 1. The molecule has 2 heterocycles. The molecule has 0 spiro atoms. The van der Waals surface area contributed by atoms with Gasteiger partial charge in [0.2, 0.25) is 0 Å². The summed E-state index contributed by atoms with van der Waals surface area (Å²) in [5, 5.41) is 4.48. The first-order chi connectivity index (χ1) is 8.76. The van der Waals surface area contributed by atoms with E-state index in [-0.39, 0.29) is 4.75 Å². The Labute approximate surface area is 117 Å². The number of hydrogen-bond donors (Lipinski definition) is 0. The van der Waals surface area contributed by atoms with Crippen molar-refractivity contribution in [3.05, 3.63) is 57.8 Å². The summed E-state index contributed by atoms with van der Waals surface area (Å²) in [5.74, 6) is 0. The topological polar surface area (TPSA) is 3.24 Å². The van der Waals surface area contributed by atoms with Crippen molar-refractivity contribution in [2.75, 3.05) is 19.8 Å². The predicted molar refractivity (Wildman–Crippen MR) is 81.4 cm³/mol. The van der Waals surface area contributed by atoms with Crippen LogP contribution in [-0.4, -0.2) is 24.7 Å². The minimum absolute atomic E-state index is 0.101. The standard InChI is InChI=1S/C15H17NS2/c1-16-9-12-5-3-4-6-14(12)15(11-16,17-2)13-7-8-18-10-13/h3-8,10H,9,11H2,1-2H3. The van der Waals surface area contributed by atoms with Crippen molar-refractivity contribution in [1.82, 2.24) is 4.90 Å². The van der Waals surface area contributed by atoms with Gasteiger partial charge >= 0.3 is 0 Å². The number of thioether (sulfide) groups is 1. The van der Waals surface area contributed by atoms with E-state index in [1.165, 1.54) is 16.7 Å². The first kappa shape index (κ1) is 12.3. The van der Waals surface area contributed by atoms with E-state index in [4.69, 9.17) is 0 Å². The van der Waals surface area contributed by atoms with Gasteiger partial charge in [0.1, 0.15) is 0 Å². The minimum atomic E-state index is 0.101. The number of nitrogens with zero attached hydrogens (tertiary/aromatic N) is 1. The lowest BCUT2D eigenvalue weighted by molar-refractivity contribution is 0.282. The quantitative estimate of drug-likeness (QED) is 0.820. The Hall–Kier alpha value is -0.770. The zero-order chi connectivity index (χ0) is 12.6. The summed E-state index contributed by atoms with van der Waals surface area (Å²) in [6.07, 6.45) is 2.23. The number of benzene rings is 1. The SMILES string of the molecule is CSC1(c2ccsc2)CN(C)Cc2ccccc21. The molecule has 0 amide bonds. The maximum atomic E-state index is 2.43. The van der Waals surface area contributed by atoms with E-state index in [1.54, 1.807) is 11.3 Å². The van der Waals surface area contributed by atoms with Crippen LogP contribution in [0.25, 0.3) is 0 Å². The second-order valence-corrected chi connectivity index (χ2v) is 6.76. The molecule has 2 aromatic rings. The number of fused-ring (bicyclic) bond motifs is 1. The summed E-state index contributed by atoms with van der Waals surface area (Å²) in [5.41, 5.74) is 4.40. The molecule has 0 saturated carbocycles. The van der Waals surface area contributed by atoms with Gasteiger partial charge in [0.05, 0.1) is 4.75 Å². The maximum Gasteiger partial charge on any atom is 0.0792 e. The van der Waals surface area contributed by atoms with Crippen LogP contribution in [-0.2, 0) is 11.3 Å². The molecule has 1 aromatic heterocycles. The Bertz CT molecular complexity index is 535. The fraction of sp³-hybridized carbons (Fsp3) is 0.333. The van der Waals surface area contributed by atoms with Crippen LogP contribution in [0.4, 0.5) is 0 Å². The molecule has 0 radical (unpaired) electrons. The van der Waals surface area contributed by atoms with Crippen LogP contribution < -0.4 is 0 Å². The highest BCUT2D eigenvalue weighted by Crippen LogP contribution is 2.46. The highest BCUT2D eigenvalue weighted by Gasteiger charge is 2.39. The van der Waals surface area contributed by atoms with Gasteiger partial charge in [0.15, 0.2) is 0 Å². The van der Waals surface area contributed by atoms with Gasteiger partial charge < -0.3 is 4.90 Å². The second kappa shape index (κ2) is 4.72. The van der Waals surface area contributed by atoms with Crippen molar-refractivity contribution >= 4 is 23.1 Å². The zero-order valence-corrected chi connectivity index (χ0v) is 12.4. The van der Waals surface area contributed by atoms with Crippen molar-refractivity contribution in [1.29, 1.82) is 0 Å². The number of hydrogen-bond acceptors (Lipinski definition) is 3. The summed E-state index contributed by atoms with van der Waals surface area (Å²) in [7, 11) is 2.22. The molecule has 0 bridgehead atoms. The van der Waals surface area contributed by atoms with Crippen LogP contribution in [0.2, 0.25) is 0 Å². The third-order valence-electron chi connectivity index (χ3n) is 3.72. The van der Waals surface area contributed by atoms with E-state index in [9.17, 15) is 0 Å². The van der Waals surface area contributed by atoms with Crippen molar-refractivity contribution in [2.45, 2.75) is 11.3 Å². The molecule has 1 aliphatic heterocycles.